The number of hydrogen-bond acceptors (Lipinski definition) is 3. The standard InChI is InChI=1S/C11H14N4/c1-9-7-13-15(8-9)11-6-10(14(2)3)4-5-12-11/h4-8H,1-3H3. The van der Waals surface area contributed by atoms with Crippen LogP contribution < -0.4 is 4.90 Å². The van der Waals surface area contributed by atoms with Crippen LogP contribution in [0, 0.1) is 6.92 Å². The molecule has 15 heavy (non-hydrogen) atoms. The number of rotatable bonds is 2. The molecule has 0 saturated heterocycles. The van der Waals surface area contributed by atoms with Gasteiger partial charge in [0, 0.05) is 38.2 Å². The maximum atomic E-state index is 4.28. The van der Waals surface area contributed by atoms with Gasteiger partial charge in [-0.15, -0.1) is 0 Å². The van der Waals surface area contributed by atoms with Crippen LogP contribution in [0.3, 0.4) is 0 Å². The van der Waals surface area contributed by atoms with Crippen molar-refractivity contribution in [3.05, 3.63) is 36.3 Å². The number of aromatic nitrogens is 3. The lowest BCUT2D eigenvalue weighted by atomic mass is 10.3. The van der Waals surface area contributed by atoms with Gasteiger partial charge in [-0.05, 0) is 18.6 Å². The summed E-state index contributed by atoms with van der Waals surface area (Å²) < 4.78 is 1.78. The summed E-state index contributed by atoms with van der Waals surface area (Å²) in [7, 11) is 4.01. The fourth-order valence-electron chi connectivity index (χ4n) is 1.35. The van der Waals surface area contributed by atoms with Crippen molar-refractivity contribution in [3.8, 4) is 5.82 Å². The van der Waals surface area contributed by atoms with E-state index in [1.54, 1.807) is 10.9 Å². The van der Waals surface area contributed by atoms with Crippen LogP contribution in [0.25, 0.3) is 5.82 Å². The molecule has 0 N–H and O–H groups in total. The van der Waals surface area contributed by atoms with Gasteiger partial charge in [0.25, 0.3) is 0 Å². The second-order valence-electron chi connectivity index (χ2n) is 3.73. The van der Waals surface area contributed by atoms with Crippen LogP contribution in [0.1, 0.15) is 5.56 Å². The number of nitrogens with zero attached hydrogens (tertiary/aromatic N) is 4. The van der Waals surface area contributed by atoms with Gasteiger partial charge in [-0.3, -0.25) is 0 Å². The van der Waals surface area contributed by atoms with E-state index in [0.717, 1.165) is 17.1 Å². The minimum Gasteiger partial charge on any atom is -0.378 e. The van der Waals surface area contributed by atoms with E-state index in [4.69, 9.17) is 0 Å². The molecule has 0 aliphatic carbocycles. The second kappa shape index (κ2) is 3.73. The van der Waals surface area contributed by atoms with E-state index < -0.39 is 0 Å². The van der Waals surface area contributed by atoms with Crippen molar-refractivity contribution in [2.75, 3.05) is 19.0 Å². The Balaban J connectivity index is 2.41. The molecule has 0 saturated carbocycles. The van der Waals surface area contributed by atoms with E-state index in [0.29, 0.717) is 0 Å². The lowest BCUT2D eigenvalue weighted by Crippen LogP contribution is -2.09. The van der Waals surface area contributed by atoms with Gasteiger partial charge in [-0.1, -0.05) is 0 Å². The van der Waals surface area contributed by atoms with Crippen LogP contribution in [-0.2, 0) is 0 Å². The number of pyridine rings is 1. The molecule has 0 aromatic carbocycles. The smallest absolute Gasteiger partial charge is 0.155 e. The topological polar surface area (TPSA) is 34.0 Å². The summed E-state index contributed by atoms with van der Waals surface area (Å²) in [5.74, 6) is 0.842. The van der Waals surface area contributed by atoms with Crippen molar-refractivity contribution >= 4 is 5.69 Å². The quantitative estimate of drug-likeness (QED) is 0.742. The second-order valence-corrected chi connectivity index (χ2v) is 3.73. The Morgan fingerprint density at radius 2 is 2.13 bits per heavy atom. The summed E-state index contributed by atoms with van der Waals surface area (Å²) in [6.07, 6.45) is 5.58. The third-order valence-corrected chi connectivity index (χ3v) is 2.19. The third kappa shape index (κ3) is 1.98. The molecule has 0 atom stereocenters. The van der Waals surface area contributed by atoms with Gasteiger partial charge in [0.1, 0.15) is 0 Å². The van der Waals surface area contributed by atoms with Crippen molar-refractivity contribution in [1.82, 2.24) is 14.8 Å². The van der Waals surface area contributed by atoms with Crippen molar-refractivity contribution < 1.29 is 0 Å². The Morgan fingerprint density at radius 3 is 2.73 bits per heavy atom. The number of hydrogen-bond donors (Lipinski definition) is 0. The Bertz CT molecular complexity index is 459. The predicted molar refractivity (Wildman–Crippen MR) is 60.4 cm³/mol. The molecule has 2 rings (SSSR count). The number of anilines is 1. The van der Waals surface area contributed by atoms with Crippen LogP contribution in [0.15, 0.2) is 30.7 Å². The summed E-state index contributed by atoms with van der Waals surface area (Å²) in [4.78, 5) is 6.32. The van der Waals surface area contributed by atoms with Gasteiger partial charge in [0.15, 0.2) is 5.82 Å². The van der Waals surface area contributed by atoms with Crippen LogP contribution in [0.2, 0.25) is 0 Å². The molecule has 0 radical (unpaired) electrons. The van der Waals surface area contributed by atoms with E-state index in [-0.39, 0.29) is 0 Å². The third-order valence-electron chi connectivity index (χ3n) is 2.19. The average Bonchev–Trinajstić information content (AvgIpc) is 2.65. The highest BCUT2D eigenvalue weighted by Gasteiger charge is 2.01. The summed E-state index contributed by atoms with van der Waals surface area (Å²) in [6, 6.07) is 3.98. The molecule has 0 amide bonds. The predicted octanol–water partition coefficient (Wildman–Crippen LogP) is 1.64. The molecule has 0 spiro atoms. The minimum atomic E-state index is 0.842. The first-order chi connectivity index (χ1) is 7.16. The molecule has 0 unspecified atom stereocenters. The average molecular weight is 202 g/mol. The van der Waals surface area contributed by atoms with Gasteiger partial charge >= 0.3 is 0 Å². The summed E-state index contributed by atoms with van der Waals surface area (Å²) in [5.41, 5.74) is 2.25. The van der Waals surface area contributed by atoms with Crippen molar-refractivity contribution in [1.29, 1.82) is 0 Å². The Labute approximate surface area is 89.2 Å². The molecule has 0 fully saturated rings. The molecule has 78 valence electrons. The molecule has 4 heteroatoms. The van der Waals surface area contributed by atoms with Gasteiger partial charge in [-0.25, -0.2) is 9.67 Å². The number of aryl methyl sites for hydroxylation is 1. The maximum absolute atomic E-state index is 4.28. The fourth-order valence-corrected chi connectivity index (χ4v) is 1.35. The first kappa shape index (κ1) is 9.71. The molecule has 4 nitrogen and oxygen atoms in total. The van der Waals surface area contributed by atoms with E-state index in [2.05, 4.69) is 10.1 Å². The largest absolute Gasteiger partial charge is 0.378 e. The summed E-state index contributed by atoms with van der Waals surface area (Å²) >= 11 is 0. The van der Waals surface area contributed by atoms with Crippen molar-refractivity contribution in [2.45, 2.75) is 6.92 Å². The maximum Gasteiger partial charge on any atom is 0.155 e. The van der Waals surface area contributed by atoms with Crippen LogP contribution in [0.5, 0.6) is 0 Å². The lowest BCUT2D eigenvalue weighted by molar-refractivity contribution is 0.845. The molecule has 0 aliphatic heterocycles. The summed E-state index contributed by atoms with van der Waals surface area (Å²) in [5, 5.41) is 4.22. The lowest BCUT2D eigenvalue weighted by Gasteiger charge is -2.12. The Morgan fingerprint density at radius 1 is 1.33 bits per heavy atom. The highest BCUT2D eigenvalue weighted by atomic mass is 15.3. The highest BCUT2D eigenvalue weighted by Crippen LogP contribution is 2.13. The zero-order valence-corrected chi connectivity index (χ0v) is 9.18. The van der Waals surface area contributed by atoms with Crippen molar-refractivity contribution in [3.63, 3.8) is 0 Å². The molecule has 0 bridgehead atoms. The molecular weight excluding hydrogens is 188 g/mol. The van der Waals surface area contributed by atoms with Crippen LogP contribution in [0.4, 0.5) is 5.69 Å². The van der Waals surface area contributed by atoms with Gasteiger partial charge in [0.05, 0.1) is 6.20 Å². The first-order valence-electron chi connectivity index (χ1n) is 4.82. The van der Waals surface area contributed by atoms with Gasteiger partial charge < -0.3 is 4.90 Å². The van der Waals surface area contributed by atoms with Gasteiger partial charge in [-0.2, -0.15) is 5.10 Å². The zero-order valence-electron chi connectivity index (χ0n) is 9.18. The van der Waals surface area contributed by atoms with Crippen LogP contribution >= 0.6 is 0 Å². The minimum absolute atomic E-state index is 0.842. The molecule has 0 aliphatic rings. The molecule has 2 aromatic heterocycles. The van der Waals surface area contributed by atoms with Gasteiger partial charge in [0.2, 0.25) is 0 Å². The van der Waals surface area contributed by atoms with E-state index in [1.807, 2.05) is 50.4 Å². The van der Waals surface area contributed by atoms with E-state index in [9.17, 15) is 0 Å². The Kier molecular flexibility index (Phi) is 2.41. The SMILES string of the molecule is Cc1cnn(-c2cc(N(C)C)ccn2)c1. The van der Waals surface area contributed by atoms with E-state index in [1.165, 1.54) is 0 Å². The van der Waals surface area contributed by atoms with Crippen molar-refractivity contribution in [2.24, 2.45) is 0 Å². The molecule has 2 heterocycles. The summed E-state index contributed by atoms with van der Waals surface area (Å²) in [6.45, 7) is 2.01. The molecular formula is C11H14N4. The monoisotopic (exact) mass is 202 g/mol. The van der Waals surface area contributed by atoms with Crippen LogP contribution in [-0.4, -0.2) is 28.9 Å². The fraction of sp³-hybridized carbons (Fsp3) is 0.273. The molecule has 2 aromatic rings. The first-order valence-corrected chi connectivity index (χ1v) is 4.82. The Hall–Kier alpha value is -1.84. The highest BCUT2D eigenvalue weighted by molar-refractivity contribution is 5.48. The van der Waals surface area contributed by atoms with E-state index >= 15 is 0 Å². The zero-order chi connectivity index (χ0) is 10.8. The normalized spacial score (nSPS) is 10.3.